The number of hydrogen-bond acceptors (Lipinski definition) is 5. The second-order valence-corrected chi connectivity index (χ2v) is 6.46. The van der Waals surface area contributed by atoms with Crippen LogP contribution >= 0.6 is 0 Å². The third-order valence-corrected chi connectivity index (χ3v) is 5.46. The Bertz CT molecular complexity index is 682. The number of aliphatic hydroxyl groups excluding tert-OH is 2. The van der Waals surface area contributed by atoms with Crippen molar-refractivity contribution >= 4 is 23.5 Å². The highest BCUT2D eigenvalue weighted by Crippen LogP contribution is 2.56. The van der Waals surface area contributed by atoms with Crippen molar-refractivity contribution < 1.29 is 29.7 Å². The number of aliphatic hydroxyl groups is 2. The van der Waals surface area contributed by atoms with E-state index in [0.717, 1.165) is 4.90 Å². The maximum Gasteiger partial charge on any atom is 0.335 e. The minimum absolute atomic E-state index is 0.0685. The zero-order valence-corrected chi connectivity index (χ0v) is 12.0. The lowest BCUT2D eigenvalue weighted by Gasteiger charge is -2.29. The molecule has 0 spiro atoms. The molecule has 0 radical (unpaired) electrons. The fourth-order valence-corrected chi connectivity index (χ4v) is 4.44. The Morgan fingerprint density at radius 2 is 1.43 bits per heavy atom. The summed E-state index contributed by atoms with van der Waals surface area (Å²) in [6, 6.07) is 5.53. The Morgan fingerprint density at radius 3 is 1.87 bits per heavy atom. The van der Waals surface area contributed by atoms with Crippen molar-refractivity contribution in [2.24, 2.45) is 23.7 Å². The predicted molar refractivity (Wildman–Crippen MR) is 76.5 cm³/mol. The van der Waals surface area contributed by atoms with Gasteiger partial charge in [0.25, 0.3) is 0 Å². The molecule has 4 rings (SSSR count). The second kappa shape index (κ2) is 4.62. The molecule has 1 aliphatic heterocycles. The van der Waals surface area contributed by atoms with Crippen LogP contribution in [0.3, 0.4) is 0 Å². The van der Waals surface area contributed by atoms with Crippen LogP contribution in [0.4, 0.5) is 5.69 Å². The molecule has 2 amide bonds. The van der Waals surface area contributed by atoms with Gasteiger partial charge >= 0.3 is 5.97 Å². The lowest BCUT2D eigenvalue weighted by Crippen LogP contribution is -2.43. The molecule has 2 saturated carbocycles. The smallest absolute Gasteiger partial charge is 0.335 e. The van der Waals surface area contributed by atoms with Crippen LogP contribution in [-0.4, -0.2) is 45.3 Å². The molecule has 3 aliphatic rings. The second-order valence-electron chi connectivity index (χ2n) is 6.46. The van der Waals surface area contributed by atoms with E-state index in [-0.39, 0.29) is 29.2 Å². The molecule has 1 saturated heterocycles. The molecule has 2 aliphatic carbocycles. The number of fused-ring (bicyclic) bond motifs is 5. The van der Waals surface area contributed by atoms with E-state index in [9.17, 15) is 24.6 Å². The average Bonchev–Trinajstić information content (AvgIpc) is 3.12. The summed E-state index contributed by atoms with van der Waals surface area (Å²) < 4.78 is 0. The molecular weight excluding hydrogens is 302 g/mol. The summed E-state index contributed by atoms with van der Waals surface area (Å²) >= 11 is 0. The fourth-order valence-electron chi connectivity index (χ4n) is 4.44. The van der Waals surface area contributed by atoms with E-state index in [2.05, 4.69) is 0 Å². The van der Waals surface area contributed by atoms with Crippen molar-refractivity contribution in [1.29, 1.82) is 0 Å². The normalized spacial score (nSPS) is 38.3. The molecule has 1 heterocycles. The summed E-state index contributed by atoms with van der Waals surface area (Å²) in [5.74, 6) is -3.80. The quantitative estimate of drug-likeness (QED) is 0.654. The summed E-state index contributed by atoms with van der Waals surface area (Å²) in [4.78, 5) is 37.3. The third kappa shape index (κ3) is 1.74. The molecule has 23 heavy (non-hydrogen) atoms. The predicted octanol–water partition coefficient (Wildman–Crippen LogP) is -0.138. The molecule has 0 aromatic heterocycles. The highest BCUT2D eigenvalue weighted by molar-refractivity contribution is 6.22. The number of carbonyl (C=O) groups is 3. The first-order chi connectivity index (χ1) is 10.9. The van der Waals surface area contributed by atoms with Crippen molar-refractivity contribution in [1.82, 2.24) is 0 Å². The Kier molecular flexibility index (Phi) is 2.88. The van der Waals surface area contributed by atoms with Gasteiger partial charge in [0.2, 0.25) is 11.8 Å². The number of imide groups is 1. The number of hydrogen-bond donors (Lipinski definition) is 3. The molecule has 1 aromatic rings. The van der Waals surface area contributed by atoms with Crippen molar-refractivity contribution in [2.75, 3.05) is 4.90 Å². The molecule has 120 valence electrons. The number of aromatic carboxylic acids is 1. The molecular formula is C16H15NO6. The van der Waals surface area contributed by atoms with Crippen molar-refractivity contribution in [2.45, 2.75) is 18.6 Å². The van der Waals surface area contributed by atoms with Gasteiger partial charge in [-0.05, 0) is 30.7 Å². The van der Waals surface area contributed by atoms with Gasteiger partial charge in [-0.25, -0.2) is 4.79 Å². The van der Waals surface area contributed by atoms with Crippen LogP contribution in [0.15, 0.2) is 24.3 Å². The highest BCUT2D eigenvalue weighted by atomic mass is 16.4. The summed E-state index contributed by atoms with van der Waals surface area (Å²) in [6.07, 6.45) is -1.44. The van der Waals surface area contributed by atoms with E-state index in [1.807, 2.05) is 0 Å². The van der Waals surface area contributed by atoms with E-state index >= 15 is 0 Å². The number of carbonyl (C=O) groups excluding carboxylic acids is 2. The maximum atomic E-state index is 12.7. The summed E-state index contributed by atoms with van der Waals surface area (Å²) in [7, 11) is 0. The van der Waals surface area contributed by atoms with Gasteiger partial charge in [-0.15, -0.1) is 0 Å². The van der Waals surface area contributed by atoms with Crippen LogP contribution in [0, 0.1) is 23.7 Å². The van der Waals surface area contributed by atoms with E-state index in [0.29, 0.717) is 12.1 Å². The van der Waals surface area contributed by atoms with Crippen molar-refractivity contribution in [3.63, 3.8) is 0 Å². The molecule has 1 aromatic carbocycles. The van der Waals surface area contributed by atoms with Gasteiger partial charge in [0, 0.05) is 11.8 Å². The highest BCUT2D eigenvalue weighted by Gasteiger charge is 2.67. The van der Waals surface area contributed by atoms with Crippen LogP contribution in [0.25, 0.3) is 0 Å². The molecule has 6 unspecified atom stereocenters. The van der Waals surface area contributed by atoms with Crippen LogP contribution < -0.4 is 4.90 Å². The minimum atomic E-state index is -1.09. The average molecular weight is 317 g/mol. The molecule has 7 heteroatoms. The molecule has 6 atom stereocenters. The first kappa shape index (κ1) is 14.3. The number of nitrogens with zero attached hydrogens (tertiary/aromatic N) is 1. The van der Waals surface area contributed by atoms with Gasteiger partial charge in [-0.1, -0.05) is 0 Å². The molecule has 3 fully saturated rings. The number of carboxylic acid groups (broad SMARTS) is 1. The molecule has 7 nitrogen and oxygen atoms in total. The Labute approximate surface area is 131 Å². The first-order valence-electron chi connectivity index (χ1n) is 7.49. The standard InChI is InChI=1S/C16H15NO6/c18-12-8-5-9(13(12)19)11-10(8)14(20)17(15(11)21)7-3-1-6(2-4-7)16(22)23/h1-4,8-13,18-19H,5H2,(H,22,23). The fraction of sp³-hybridized carbons (Fsp3) is 0.438. The minimum Gasteiger partial charge on any atom is -0.478 e. The van der Waals surface area contributed by atoms with Crippen LogP contribution in [0.1, 0.15) is 16.8 Å². The van der Waals surface area contributed by atoms with Crippen molar-refractivity contribution in [3.05, 3.63) is 29.8 Å². The Balaban J connectivity index is 1.68. The van der Waals surface area contributed by atoms with E-state index in [4.69, 9.17) is 5.11 Å². The summed E-state index contributed by atoms with van der Waals surface area (Å²) in [6.45, 7) is 0. The monoisotopic (exact) mass is 317 g/mol. The van der Waals surface area contributed by atoms with Gasteiger partial charge in [-0.3, -0.25) is 14.5 Å². The van der Waals surface area contributed by atoms with Gasteiger partial charge in [0.15, 0.2) is 0 Å². The molecule has 3 N–H and O–H groups in total. The zero-order chi connectivity index (χ0) is 16.5. The molecule has 2 bridgehead atoms. The lowest BCUT2D eigenvalue weighted by molar-refractivity contribution is -0.129. The van der Waals surface area contributed by atoms with Crippen molar-refractivity contribution in [3.8, 4) is 0 Å². The number of rotatable bonds is 2. The SMILES string of the molecule is O=C(O)c1ccc(N2C(=O)C3C4CC(C(O)C4O)C3C2=O)cc1. The zero-order valence-electron chi connectivity index (χ0n) is 12.0. The maximum absolute atomic E-state index is 12.7. The van der Waals surface area contributed by atoms with Gasteiger partial charge in [-0.2, -0.15) is 0 Å². The topological polar surface area (TPSA) is 115 Å². The van der Waals surface area contributed by atoms with Gasteiger partial charge < -0.3 is 15.3 Å². The lowest BCUT2D eigenvalue weighted by atomic mass is 9.78. The first-order valence-corrected chi connectivity index (χ1v) is 7.49. The largest absolute Gasteiger partial charge is 0.478 e. The summed E-state index contributed by atoms with van der Waals surface area (Å²) in [5, 5.41) is 28.9. The number of anilines is 1. The number of amides is 2. The van der Waals surface area contributed by atoms with E-state index < -0.39 is 30.0 Å². The summed E-state index contributed by atoms with van der Waals surface area (Å²) in [5.41, 5.74) is 0.390. The van der Waals surface area contributed by atoms with Crippen LogP contribution in [0.5, 0.6) is 0 Å². The Hall–Kier alpha value is -2.25. The van der Waals surface area contributed by atoms with Gasteiger partial charge in [0.1, 0.15) is 0 Å². The Morgan fingerprint density at radius 1 is 0.957 bits per heavy atom. The number of benzene rings is 1. The third-order valence-electron chi connectivity index (χ3n) is 5.46. The van der Waals surface area contributed by atoms with Crippen LogP contribution in [-0.2, 0) is 9.59 Å². The van der Waals surface area contributed by atoms with E-state index in [1.165, 1.54) is 24.3 Å². The van der Waals surface area contributed by atoms with Crippen LogP contribution in [0.2, 0.25) is 0 Å². The number of carboxylic acids is 1. The van der Waals surface area contributed by atoms with E-state index in [1.54, 1.807) is 0 Å². The van der Waals surface area contributed by atoms with Gasteiger partial charge in [0.05, 0.1) is 35.3 Å².